The number of rotatable bonds is 1. The third kappa shape index (κ3) is 1.99. The topological polar surface area (TPSA) is 28.7 Å². The highest BCUT2D eigenvalue weighted by molar-refractivity contribution is 5.88. The van der Waals surface area contributed by atoms with Gasteiger partial charge in [0.05, 0.1) is 11.7 Å². The first-order valence-electron chi connectivity index (χ1n) is 6.05. The summed E-state index contributed by atoms with van der Waals surface area (Å²) < 4.78 is 0. The van der Waals surface area contributed by atoms with E-state index in [-0.39, 0.29) is 5.41 Å². The van der Waals surface area contributed by atoms with E-state index in [9.17, 15) is 0 Å². The van der Waals surface area contributed by atoms with Crippen molar-refractivity contribution in [2.75, 3.05) is 0 Å². The molecule has 0 aliphatic heterocycles. The van der Waals surface area contributed by atoms with Crippen LogP contribution in [0.2, 0.25) is 0 Å². The Bertz CT molecular complexity index is 568. The molecular weight excluding hydrogens is 208 g/mol. The van der Waals surface area contributed by atoms with Gasteiger partial charge in [0.2, 0.25) is 0 Å². The van der Waals surface area contributed by atoms with Crippen LogP contribution in [-0.2, 0) is 5.41 Å². The van der Waals surface area contributed by atoms with Gasteiger partial charge in [0.25, 0.3) is 0 Å². The average Bonchev–Trinajstić information content (AvgIpc) is 2.64. The maximum Gasteiger partial charge on any atom is 0.0656 e. The first kappa shape index (κ1) is 11.9. The molecule has 0 saturated carbocycles. The largest absolute Gasteiger partial charge is 0.278 e. The van der Waals surface area contributed by atoms with E-state index in [0.29, 0.717) is 0 Å². The van der Waals surface area contributed by atoms with Gasteiger partial charge < -0.3 is 0 Å². The molecule has 0 radical (unpaired) electrons. The predicted octanol–water partition coefficient (Wildman–Crippen LogP) is 4.20. The summed E-state index contributed by atoms with van der Waals surface area (Å²) in [6.45, 7) is 11.0. The van der Waals surface area contributed by atoms with Crippen molar-refractivity contribution in [1.29, 1.82) is 0 Å². The maximum absolute atomic E-state index is 4.17. The van der Waals surface area contributed by atoms with Crippen molar-refractivity contribution in [3.05, 3.63) is 35.0 Å². The Balaban J connectivity index is 2.90. The van der Waals surface area contributed by atoms with E-state index < -0.39 is 0 Å². The Morgan fingerprint density at radius 3 is 2.59 bits per heavy atom. The lowest BCUT2D eigenvalue weighted by Gasteiger charge is -2.24. The van der Waals surface area contributed by atoms with E-state index >= 15 is 0 Å². The van der Waals surface area contributed by atoms with Crippen LogP contribution >= 0.6 is 0 Å². The first-order chi connectivity index (χ1) is 7.95. The van der Waals surface area contributed by atoms with Crippen LogP contribution in [0.15, 0.2) is 18.3 Å². The number of hydrogen-bond donors (Lipinski definition) is 1. The van der Waals surface area contributed by atoms with Gasteiger partial charge in [-0.25, -0.2) is 0 Å². The number of benzene rings is 1. The molecule has 0 unspecified atom stereocenters. The third-order valence-electron chi connectivity index (χ3n) is 3.08. The van der Waals surface area contributed by atoms with E-state index in [4.69, 9.17) is 0 Å². The van der Waals surface area contributed by atoms with Crippen molar-refractivity contribution in [2.24, 2.45) is 0 Å². The molecule has 0 spiro atoms. The van der Waals surface area contributed by atoms with Gasteiger partial charge in [0.15, 0.2) is 0 Å². The highest BCUT2D eigenvalue weighted by Crippen LogP contribution is 2.35. The van der Waals surface area contributed by atoms with Crippen molar-refractivity contribution in [3.63, 3.8) is 0 Å². The molecule has 0 amide bonds. The standard InChI is InChI=1S/C15H20N2/c1-6-7-11-10(2)8-13-12(9-16-17-13)14(11)15(3,4)5/h6-9H,1-5H3,(H,16,17)/b7-6-. The molecule has 2 nitrogen and oxygen atoms in total. The molecule has 2 heteroatoms. The minimum Gasteiger partial charge on any atom is -0.278 e. The fourth-order valence-electron chi connectivity index (χ4n) is 2.43. The fourth-order valence-corrected chi connectivity index (χ4v) is 2.43. The van der Waals surface area contributed by atoms with Crippen molar-refractivity contribution in [1.82, 2.24) is 10.2 Å². The zero-order valence-electron chi connectivity index (χ0n) is 11.3. The van der Waals surface area contributed by atoms with Gasteiger partial charge in [-0.3, -0.25) is 5.10 Å². The Labute approximate surface area is 103 Å². The van der Waals surface area contributed by atoms with Gasteiger partial charge >= 0.3 is 0 Å². The zero-order chi connectivity index (χ0) is 12.6. The lowest BCUT2D eigenvalue weighted by molar-refractivity contribution is 0.594. The Morgan fingerprint density at radius 1 is 1.29 bits per heavy atom. The van der Waals surface area contributed by atoms with E-state index in [1.807, 2.05) is 6.20 Å². The summed E-state index contributed by atoms with van der Waals surface area (Å²) in [5, 5.41) is 8.47. The van der Waals surface area contributed by atoms with E-state index in [1.54, 1.807) is 0 Å². The molecule has 0 bridgehead atoms. The van der Waals surface area contributed by atoms with Gasteiger partial charge in [0, 0.05) is 5.39 Å². The average molecular weight is 228 g/mol. The fraction of sp³-hybridized carbons (Fsp3) is 0.400. The van der Waals surface area contributed by atoms with Crippen molar-refractivity contribution < 1.29 is 0 Å². The Hall–Kier alpha value is -1.57. The summed E-state index contributed by atoms with van der Waals surface area (Å²) in [4.78, 5) is 0. The molecule has 0 aliphatic carbocycles. The van der Waals surface area contributed by atoms with Crippen LogP contribution in [0.5, 0.6) is 0 Å². The summed E-state index contributed by atoms with van der Waals surface area (Å²) in [6, 6.07) is 2.17. The Morgan fingerprint density at radius 2 is 2.00 bits per heavy atom. The first-order valence-corrected chi connectivity index (χ1v) is 6.05. The van der Waals surface area contributed by atoms with Gasteiger partial charge in [-0.2, -0.15) is 5.10 Å². The van der Waals surface area contributed by atoms with Crippen LogP contribution in [-0.4, -0.2) is 10.2 Å². The zero-order valence-corrected chi connectivity index (χ0v) is 11.3. The molecule has 1 heterocycles. The number of nitrogens with zero attached hydrogens (tertiary/aromatic N) is 1. The summed E-state index contributed by atoms with van der Waals surface area (Å²) in [5.41, 5.74) is 5.24. The molecule has 17 heavy (non-hydrogen) atoms. The molecule has 1 aromatic carbocycles. The van der Waals surface area contributed by atoms with Crippen LogP contribution in [0, 0.1) is 6.92 Å². The minimum atomic E-state index is 0.114. The monoisotopic (exact) mass is 228 g/mol. The SMILES string of the molecule is C/C=C\c1c(C)cc2[nH]ncc2c1C(C)(C)C. The number of H-pyrrole nitrogens is 1. The molecule has 1 aromatic heterocycles. The Kier molecular flexibility index (Phi) is 2.82. The van der Waals surface area contributed by atoms with Crippen LogP contribution in [0.3, 0.4) is 0 Å². The summed E-state index contributed by atoms with van der Waals surface area (Å²) in [5.74, 6) is 0. The number of allylic oxidation sites excluding steroid dienone is 1. The smallest absolute Gasteiger partial charge is 0.0656 e. The lowest BCUT2D eigenvalue weighted by atomic mass is 9.80. The van der Waals surface area contributed by atoms with E-state index in [2.05, 4.69) is 63.0 Å². The number of nitrogens with one attached hydrogen (secondary N) is 1. The highest BCUT2D eigenvalue weighted by atomic mass is 15.1. The number of fused-ring (bicyclic) bond motifs is 1. The number of aromatic amines is 1. The highest BCUT2D eigenvalue weighted by Gasteiger charge is 2.22. The molecule has 2 rings (SSSR count). The molecule has 0 aliphatic rings. The van der Waals surface area contributed by atoms with Gasteiger partial charge in [-0.05, 0) is 42.0 Å². The molecule has 90 valence electrons. The minimum absolute atomic E-state index is 0.114. The second-order valence-corrected chi connectivity index (χ2v) is 5.56. The second kappa shape index (κ2) is 4.02. The summed E-state index contributed by atoms with van der Waals surface area (Å²) in [7, 11) is 0. The van der Waals surface area contributed by atoms with E-state index in [0.717, 1.165) is 5.52 Å². The molecular formula is C15H20N2. The molecule has 2 aromatic rings. The van der Waals surface area contributed by atoms with Gasteiger partial charge in [0.1, 0.15) is 0 Å². The van der Waals surface area contributed by atoms with Crippen molar-refractivity contribution >= 4 is 17.0 Å². The summed E-state index contributed by atoms with van der Waals surface area (Å²) in [6.07, 6.45) is 6.23. The predicted molar refractivity (Wildman–Crippen MR) is 74.2 cm³/mol. The van der Waals surface area contributed by atoms with Crippen molar-refractivity contribution in [3.8, 4) is 0 Å². The molecule has 1 N–H and O–H groups in total. The maximum atomic E-state index is 4.17. The number of aromatic nitrogens is 2. The van der Waals surface area contributed by atoms with Crippen molar-refractivity contribution in [2.45, 2.75) is 40.0 Å². The van der Waals surface area contributed by atoms with Crippen LogP contribution in [0.4, 0.5) is 0 Å². The molecule has 0 saturated heterocycles. The quantitative estimate of drug-likeness (QED) is 0.778. The van der Waals surface area contributed by atoms with Gasteiger partial charge in [-0.15, -0.1) is 0 Å². The number of aryl methyl sites for hydroxylation is 1. The van der Waals surface area contributed by atoms with Gasteiger partial charge in [-0.1, -0.05) is 32.9 Å². The normalized spacial score (nSPS) is 12.8. The molecule has 0 fully saturated rings. The number of hydrogen-bond acceptors (Lipinski definition) is 1. The lowest BCUT2D eigenvalue weighted by Crippen LogP contribution is -2.14. The van der Waals surface area contributed by atoms with E-state index in [1.165, 1.54) is 22.1 Å². The summed E-state index contributed by atoms with van der Waals surface area (Å²) >= 11 is 0. The third-order valence-corrected chi connectivity index (χ3v) is 3.08. The van der Waals surface area contributed by atoms with Crippen LogP contribution in [0.1, 0.15) is 44.4 Å². The second-order valence-electron chi connectivity index (χ2n) is 5.56. The van der Waals surface area contributed by atoms with Crippen LogP contribution < -0.4 is 0 Å². The van der Waals surface area contributed by atoms with Crippen LogP contribution in [0.25, 0.3) is 17.0 Å². The molecule has 0 atom stereocenters.